The first-order valence-electron chi connectivity index (χ1n) is 7.79. The highest BCUT2D eigenvalue weighted by molar-refractivity contribution is 7.13. The van der Waals surface area contributed by atoms with Crippen molar-refractivity contribution in [1.82, 2.24) is 20.8 Å². The van der Waals surface area contributed by atoms with Crippen molar-refractivity contribution in [2.24, 2.45) is 0 Å². The van der Waals surface area contributed by atoms with Gasteiger partial charge in [0.1, 0.15) is 11.7 Å². The Kier molecular flexibility index (Phi) is 3.81. The molecule has 8 heteroatoms. The third-order valence-corrected chi connectivity index (χ3v) is 5.02. The van der Waals surface area contributed by atoms with Crippen molar-refractivity contribution in [3.05, 3.63) is 41.3 Å². The van der Waals surface area contributed by atoms with E-state index in [1.807, 2.05) is 23.6 Å². The molecule has 0 radical (unpaired) electrons. The number of H-pyrrole nitrogens is 1. The van der Waals surface area contributed by atoms with E-state index in [1.165, 1.54) is 0 Å². The smallest absolute Gasteiger partial charge is 0.254 e. The number of imide groups is 1. The second-order valence-corrected chi connectivity index (χ2v) is 6.70. The van der Waals surface area contributed by atoms with Crippen LogP contribution in [0.15, 0.2) is 35.7 Å². The average Bonchev–Trinajstić information content (AvgIpc) is 3.25. The Labute approximate surface area is 146 Å². The number of rotatable bonds is 3. The van der Waals surface area contributed by atoms with Crippen LogP contribution in [0.4, 0.5) is 0 Å². The van der Waals surface area contributed by atoms with E-state index in [0.717, 1.165) is 16.0 Å². The number of benzene rings is 1. The molecule has 25 heavy (non-hydrogen) atoms. The van der Waals surface area contributed by atoms with Crippen LogP contribution in [-0.4, -0.2) is 34.0 Å². The van der Waals surface area contributed by atoms with Crippen LogP contribution in [-0.2, 0) is 9.59 Å². The molecule has 3 amide bonds. The summed E-state index contributed by atoms with van der Waals surface area (Å²) in [4.78, 5) is 36.7. The number of nitrogens with zero attached hydrogens (tertiary/aromatic N) is 1. The van der Waals surface area contributed by atoms with Gasteiger partial charge < -0.3 is 5.32 Å². The van der Waals surface area contributed by atoms with Gasteiger partial charge in [-0.3, -0.25) is 24.8 Å². The van der Waals surface area contributed by atoms with Crippen LogP contribution >= 0.6 is 11.3 Å². The number of carbonyl (C=O) groups is 3. The van der Waals surface area contributed by atoms with E-state index in [9.17, 15) is 14.4 Å². The summed E-state index contributed by atoms with van der Waals surface area (Å²) in [5.41, 5.74) is 1.83. The third kappa shape index (κ3) is 2.80. The van der Waals surface area contributed by atoms with Gasteiger partial charge in [0.15, 0.2) is 0 Å². The summed E-state index contributed by atoms with van der Waals surface area (Å²) in [6, 6.07) is 8.57. The summed E-state index contributed by atoms with van der Waals surface area (Å²) >= 11 is 1.57. The molecule has 7 nitrogen and oxygen atoms in total. The number of fused-ring (bicyclic) bond motifs is 1. The molecule has 1 unspecified atom stereocenters. The molecule has 1 saturated heterocycles. The monoisotopic (exact) mass is 354 g/mol. The van der Waals surface area contributed by atoms with Gasteiger partial charge in [-0.15, -0.1) is 11.3 Å². The van der Waals surface area contributed by atoms with Gasteiger partial charge in [0.05, 0.1) is 16.0 Å². The van der Waals surface area contributed by atoms with Gasteiger partial charge >= 0.3 is 0 Å². The molecule has 1 aromatic carbocycles. The first kappa shape index (κ1) is 15.5. The third-order valence-electron chi connectivity index (χ3n) is 4.14. The molecule has 0 saturated carbocycles. The quantitative estimate of drug-likeness (QED) is 0.624. The van der Waals surface area contributed by atoms with E-state index < -0.39 is 11.9 Å². The van der Waals surface area contributed by atoms with Crippen molar-refractivity contribution < 1.29 is 14.4 Å². The molecule has 1 atom stereocenters. The van der Waals surface area contributed by atoms with Crippen LogP contribution in [0.5, 0.6) is 0 Å². The Morgan fingerprint density at radius 2 is 2.12 bits per heavy atom. The first-order chi connectivity index (χ1) is 12.1. The normalized spacial score (nSPS) is 17.5. The van der Waals surface area contributed by atoms with E-state index in [4.69, 9.17) is 0 Å². The molecule has 1 aliphatic rings. The molecule has 3 N–H and O–H groups in total. The van der Waals surface area contributed by atoms with Crippen molar-refractivity contribution in [1.29, 1.82) is 0 Å². The molecule has 126 valence electrons. The van der Waals surface area contributed by atoms with Crippen molar-refractivity contribution in [2.75, 3.05) is 0 Å². The summed E-state index contributed by atoms with van der Waals surface area (Å²) in [6.45, 7) is 0. The molecule has 0 aliphatic carbocycles. The summed E-state index contributed by atoms with van der Waals surface area (Å²) in [5.74, 6) is -1.16. The number of piperidine rings is 1. The Morgan fingerprint density at radius 3 is 2.88 bits per heavy atom. The Bertz CT molecular complexity index is 977. The zero-order chi connectivity index (χ0) is 17.4. The lowest BCUT2D eigenvalue weighted by molar-refractivity contribution is -0.134. The van der Waals surface area contributed by atoms with E-state index in [2.05, 4.69) is 20.8 Å². The molecular formula is C17H14N4O3S. The predicted octanol–water partition coefficient (Wildman–Crippen LogP) is 1.83. The van der Waals surface area contributed by atoms with Gasteiger partial charge in [-0.25, -0.2) is 0 Å². The minimum Gasteiger partial charge on any atom is -0.340 e. The molecule has 3 heterocycles. The number of hydrogen-bond donors (Lipinski definition) is 3. The second-order valence-electron chi connectivity index (χ2n) is 5.75. The highest BCUT2D eigenvalue weighted by Gasteiger charge is 2.28. The average molecular weight is 354 g/mol. The zero-order valence-corrected chi connectivity index (χ0v) is 13.9. The minimum absolute atomic E-state index is 0.216. The van der Waals surface area contributed by atoms with Crippen LogP contribution < -0.4 is 10.6 Å². The lowest BCUT2D eigenvalue weighted by Crippen LogP contribution is -2.52. The van der Waals surface area contributed by atoms with Gasteiger partial charge in [-0.05, 0) is 23.9 Å². The van der Waals surface area contributed by atoms with Gasteiger partial charge in [-0.1, -0.05) is 18.2 Å². The fourth-order valence-corrected chi connectivity index (χ4v) is 3.63. The first-order valence-corrected chi connectivity index (χ1v) is 8.67. The summed E-state index contributed by atoms with van der Waals surface area (Å²) < 4.78 is 0. The number of aromatic amines is 1. The predicted molar refractivity (Wildman–Crippen MR) is 93.0 cm³/mol. The van der Waals surface area contributed by atoms with E-state index in [-0.39, 0.29) is 18.2 Å². The van der Waals surface area contributed by atoms with Gasteiger partial charge in [0.25, 0.3) is 5.91 Å². The molecule has 4 rings (SSSR count). The van der Waals surface area contributed by atoms with Crippen molar-refractivity contribution >= 4 is 40.0 Å². The Morgan fingerprint density at radius 1 is 1.24 bits per heavy atom. The maximum absolute atomic E-state index is 12.6. The number of aromatic nitrogens is 2. The van der Waals surface area contributed by atoms with Crippen molar-refractivity contribution in [3.8, 4) is 10.6 Å². The standard InChI is InChI=1S/C17H14N4O3S/c22-13-7-6-11(17(24)19-13)18-16(23)10-4-1-3-9-14(10)20-21-15(9)12-5-2-8-25-12/h1-5,8,11H,6-7H2,(H,18,23)(H,20,21)(H,19,22,24). The lowest BCUT2D eigenvalue weighted by Gasteiger charge is -2.21. The van der Waals surface area contributed by atoms with Crippen molar-refractivity contribution in [2.45, 2.75) is 18.9 Å². The fourth-order valence-electron chi connectivity index (χ4n) is 2.90. The molecule has 3 aromatic rings. The minimum atomic E-state index is -0.708. The molecular weight excluding hydrogens is 340 g/mol. The molecule has 1 aliphatic heterocycles. The summed E-state index contributed by atoms with van der Waals surface area (Å²) in [6.07, 6.45) is 0.517. The number of amides is 3. The number of nitrogens with one attached hydrogen (secondary N) is 3. The maximum atomic E-state index is 12.6. The summed E-state index contributed by atoms with van der Waals surface area (Å²) in [7, 11) is 0. The van der Waals surface area contributed by atoms with Crippen LogP contribution in [0.25, 0.3) is 21.5 Å². The van der Waals surface area contributed by atoms with Crippen molar-refractivity contribution in [3.63, 3.8) is 0 Å². The van der Waals surface area contributed by atoms with Gasteiger partial charge in [0.2, 0.25) is 11.8 Å². The number of hydrogen-bond acceptors (Lipinski definition) is 5. The zero-order valence-electron chi connectivity index (χ0n) is 13.0. The number of para-hydroxylation sites is 1. The number of carbonyl (C=O) groups excluding carboxylic acids is 3. The highest BCUT2D eigenvalue weighted by Crippen LogP contribution is 2.30. The molecule has 0 spiro atoms. The van der Waals surface area contributed by atoms with Crippen LogP contribution in [0.3, 0.4) is 0 Å². The molecule has 1 fully saturated rings. The van der Waals surface area contributed by atoms with Gasteiger partial charge in [-0.2, -0.15) is 5.10 Å². The number of thiophene rings is 1. The van der Waals surface area contributed by atoms with E-state index in [1.54, 1.807) is 23.5 Å². The second kappa shape index (κ2) is 6.14. The Hall–Kier alpha value is -3.00. The molecule has 0 bridgehead atoms. The largest absolute Gasteiger partial charge is 0.340 e. The Balaban J connectivity index is 1.64. The van der Waals surface area contributed by atoms with Crippen LogP contribution in [0, 0.1) is 0 Å². The lowest BCUT2D eigenvalue weighted by atomic mass is 10.0. The SMILES string of the molecule is O=C1CCC(NC(=O)c2cccc3c(-c4cccs4)n[nH]c23)C(=O)N1. The van der Waals surface area contributed by atoms with Crippen LogP contribution in [0.2, 0.25) is 0 Å². The topological polar surface area (TPSA) is 104 Å². The van der Waals surface area contributed by atoms with E-state index in [0.29, 0.717) is 17.5 Å². The van der Waals surface area contributed by atoms with E-state index >= 15 is 0 Å². The van der Waals surface area contributed by atoms with Gasteiger partial charge in [0, 0.05) is 11.8 Å². The molecule has 2 aromatic heterocycles. The summed E-state index contributed by atoms with van der Waals surface area (Å²) in [5, 5.41) is 15.0. The fraction of sp³-hybridized carbons (Fsp3) is 0.176. The highest BCUT2D eigenvalue weighted by atomic mass is 32.1. The van der Waals surface area contributed by atoms with Crippen LogP contribution in [0.1, 0.15) is 23.2 Å². The maximum Gasteiger partial charge on any atom is 0.254 e.